The number of thiophene rings is 1. The van der Waals surface area contributed by atoms with E-state index in [2.05, 4.69) is 20.3 Å². The molecular formula is C15H14N4O2S2. The lowest BCUT2D eigenvalue weighted by molar-refractivity contribution is -0.113. The van der Waals surface area contributed by atoms with Gasteiger partial charge in [0.05, 0.1) is 28.8 Å². The summed E-state index contributed by atoms with van der Waals surface area (Å²) in [6.45, 7) is 1.95. The molecule has 118 valence electrons. The van der Waals surface area contributed by atoms with Crippen molar-refractivity contribution in [3.05, 3.63) is 51.6 Å². The van der Waals surface area contributed by atoms with Crippen LogP contribution >= 0.6 is 23.1 Å². The maximum Gasteiger partial charge on any atom is 0.259 e. The Morgan fingerprint density at radius 3 is 3.13 bits per heavy atom. The van der Waals surface area contributed by atoms with E-state index in [9.17, 15) is 9.59 Å². The zero-order valence-electron chi connectivity index (χ0n) is 12.3. The van der Waals surface area contributed by atoms with Gasteiger partial charge in [0.15, 0.2) is 0 Å². The van der Waals surface area contributed by atoms with Crippen LogP contribution in [-0.4, -0.2) is 26.6 Å². The minimum atomic E-state index is -0.130. The normalized spacial score (nSPS) is 10.8. The van der Waals surface area contributed by atoms with E-state index in [1.165, 1.54) is 23.1 Å². The van der Waals surface area contributed by atoms with Gasteiger partial charge in [-0.3, -0.25) is 14.6 Å². The van der Waals surface area contributed by atoms with Crippen molar-refractivity contribution in [2.45, 2.75) is 12.7 Å². The average Bonchev–Trinajstić information content (AvgIpc) is 2.89. The SMILES string of the molecule is Cc1cc2c(=O)[nH]c(CSCC(=O)Nc3cccnc3)nc2s1. The Balaban J connectivity index is 1.58. The molecule has 0 aliphatic heterocycles. The topological polar surface area (TPSA) is 87.7 Å². The van der Waals surface area contributed by atoms with Crippen LogP contribution in [0.4, 0.5) is 5.69 Å². The van der Waals surface area contributed by atoms with E-state index >= 15 is 0 Å². The van der Waals surface area contributed by atoms with Crippen LogP contribution in [0.3, 0.4) is 0 Å². The number of aromatic nitrogens is 3. The highest BCUT2D eigenvalue weighted by molar-refractivity contribution is 7.99. The van der Waals surface area contributed by atoms with Crippen LogP contribution < -0.4 is 10.9 Å². The van der Waals surface area contributed by atoms with Crippen molar-refractivity contribution in [1.29, 1.82) is 0 Å². The molecule has 0 saturated carbocycles. The first kappa shape index (κ1) is 15.7. The number of aromatic amines is 1. The third-order valence-electron chi connectivity index (χ3n) is 2.99. The van der Waals surface area contributed by atoms with Crippen LogP contribution in [0.25, 0.3) is 10.2 Å². The zero-order chi connectivity index (χ0) is 16.2. The predicted octanol–water partition coefficient (Wildman–Crippen LogP) is 2.56. The largest absolute Gasteiger partial charge is 0.324 e. The zero-order valence-corrected chi connectivity index (χ0v) is 14.0. The van der Waals surface area contributed by atoms with Crippen molar-refractivity contribution in [3.8, 4) is 0 Å². The van der Waals surface area contributed by atoms with Crippen molar-refractivity contribution >= 4 is 44.9 Å². The molecule has 1 amide bonds. The van der Waals surface area contributed by atoms with Gasteiger partial charge in [-0.2, -0.15) is 0 Å². The first-order valence-corrected chi connectivity index (χ1v) is 8.86. The van der Waals surface area contributed by atoms with Crippen LogP contribution in [0.15, 0.2) is 35.4 Å². The fraction of sp³-hybridized carbons (Fsp3) is 0.200. The molecule has 0 aliphatic rings. The van der Waals surface area contributed by atoms with E-state index in [1.54, 1.807) is 24.5 Å². The number of pyridine rings is 1. The number of hydrogen-bond donors (Lipinski definition) is 2. The molecule has 0 atom stereocenters. The third-order valence-corrected chi connectivity index (χ3v) is 4.88. The van der Waals surface area contributed by atoms with Crippen molar-refractivity contribution in [3.63, 3.8) is 0 Å². The lowest BCUT2D eigenvalue weighted by Crippen LogP contribution is -2.15. The molecule has 3 aromatic rings. The predicted molar refractivity (Wildman–Crippen MR) is 94.0 cm³/mol. The number of aryl methyl sites for hydroxylation is 1. The lowest BCUT2D eigenvalue weighted by Gasteiger charge is -2.04. The summed E-state index contributed by atoms with van der Waals surface area (Å²) in [6.07, 6.45) is 3.24. The monoisotopic (exact) mass is 346 g/mol. The molecule has 0 unspecified atom stereocenters. The Bertz CT molecular complexity index is 889. The summed E-state index contributed by atoms with van der Waals surface area (Å²) in [7, 11) is 0. The summed E-state index contributed by atoms with van der Waals surface area (Å²) in [6, 6.07) is 5.38. The highest BCUT2D eigenvalue weighted by Crippen LogP contribution is 2.20. The molecule has 23 heavy (non-hydrogen) atoms. The van der Waals surface area contributed by atoms with Gasteiger partial charge in [0.1, 0.15) is 10.7 Å². The molecule has 3 heterocycles. The Kier molecular flexibility index (Phi) is 4.73. The van der Waals surface area contributed by atoms with E-state index in [1.807, 2.05) is 13.0 Å². The maximum absolute atomic E-state index is 12.0. The van der Waals surface area contributed by atoms with Gasteiger partial charge in [0, 0.05) is 11.1 Å². The van der Waals surface area contributed by atoms with E-state index < -0.39 is 0 Å². The van der Waals surface area contributed by atoms with Gasteiger partial charge in [-0.25, -0.2) is 4.98 Å². The van der Waals surface area contributed by atoms with Crippen LogP contribution in [0.1, 0.15) is 10.7 Å². The molecule has 8 heteroatoms. The van der Waals surface area contributed by atoms with Gasteiger partial charge in [-0.1, -0.05) is 0 Å². The third kappa shape index (κ3) is 3.96. The maximum atomic E-state index is 12.0. The number of carbonyl (C=O) groups excluding carboxylic acids is 1. The molecule has 0 aliphatic carbocycles. The molecule has 3 rings (SSSR count). The van der Waals surface area contributed by atoms with E-state index in [4.69, 9.17) is 0 Å². The summed E-state index contributed by atoms with van der Waals surface area (Å²) in [4.78, 5) is 36.7. The molecule has 3 aromatic heterocycles. The molecule has 6 nitrogen and oxygen atoms in total. The minimum absolute atomic E-state index is 0.113. The lowest BCUT2D eigenvalue weighted by atomic mass is 10.4. The van der Waals surface area contributed by atoms with E-state index in [0.717, 1.165) is 9.71 Å². The fourth-order valence-corrected chi connectivity index (χ4v) is 3.63. The number of nitrogens with one attached hydrogen (secondary N) is 2. The fourth-order valence-electron chi connectivity index (χ4n) is 2.04. The Morgan fingerprint density at radius 1 is 1.48 bits per heavy atom. The molecule has 0 bridgehead atoms. The van der Waals surface area contributed by atoms with Crippen molar-refractivity contribution in [1.82, 2.24) is 15.0 Å². The number of fused-ring (bicyclic) bond motifs is 1. The van der Waals surface area contributed by atoms with Crippen molar-refractivity contribution < 1.29 is 4.79 Å². The first-order chi connectivity index (χ1) is 11.1. The number of amides is 1. The van der Waals surface area contributed by atoms with E-state index in [-0.39, 0.29) is 17.2 Å². The van der Waals surface area contributed by atoms with Gasteiger partial charge in [-0.15, -0.1) is 23.1 Å². The molecule has 0 aromatic carbocycles. The van der Waals surface area contributed by atoms with Gasteiger partial charge in [0.2, 0.25) is 5.91 Å². The number of rotatable bonds is 5. The van der Waals surface area contributed by atoms with Crippen molar-refractivity contribution in [2.75, 3.05) is 11.1 Å². The second-order valence-corrected chi connectivity index (χ2v) is 7.09. The highest BCUT2D eigenvalue weighted by atomic mass is 32.2. The van der Waals surface area contributed by atoms with Crippen LogP contribution in [-0.2, 0) is 10.5 Å². The number of anilines is 1. The van der Waals surface area contributed by atoms with Gasteiger partial charge in [-0.05, 0) is 25.1 Å². The summed E-state index contributed by atoms with van der Waals surface area (Å²) >= 11 is 2.89. The number of carbonyl (C=O) groups is 1. The second kappa shape index (κ2) is 6.93. The van der Waals surface area contributed by atoms with Gasteiger partial charge >= 0.3 is 0 Å². The Hall–Kier alpha value is -2.19. The summed E-state index contributed by atoms with van der Waals surface area (Å²) < 4.78 is 0. The van der Waals surface area contributed by atoms with Gasteiger partial charge in [0.25, 0.3) is 5.56 Å². The number of nitrogens with zero attached hydrogens (tertiary/aromatic N) is 2. The first-order valence-electron chi connectivity index (χ1n) is 6.89. The second-order valence-electron chi connectivity index (χ2n) is 4.87. The molecule has 0 spiro atoms. The summed E-state index contributed by atoms with van der Waals surface area (Å²) in [5.41, 5.74) is 0.537. The van der Waals surface area contributed by atoms with Crippen LogP contribution in [0, 0.1) is 6.92 Å². The highest BCUT2D eigenvalue weighted by Gasteiger charge is 2.08. The standard InChI is InChI=1S/C15H14N4O2S2/c1-9-5-11-14(21)18-12(19-15(11)23-9)7-22-8-13(20)17-10-3-2-4-16-6-10/h2-6H,7-8H2,1H3,(H,17,20)(H,18,19,21). The summed E-state index contributed by atoms with van der Waals surface area (Å²) in [5.74, 6) is 1.23. The number of thioether (sulfide) groups is 1. The van der Waals surface area contributed by atoms with Crippen LogP contribution in [0.5, 0.6) is 0 Å². The molecule has 0 radical (unpaired) electrons. The molecular weight excluding hydrogens is 332 g/mol. The van der Waals surface area contributed by atoms with Gasteiger partial charge < -0.3 is 10.3 Å². The van der Waals surface area contributed by atoms with Crippen molar-refractivity contribution in [2.24, 2.45) is 0 Å². The number of H-pyrrole nitrogens is 1. The molecule has 0 fully saturated rings. The Labute approximate surface area is 140 Å². The smallest absolute Gasteiger partial charge is 0.259 e. The minimum Gasteiger partial charge on any atom is -0.324 e. The van der Waals surface area contributed by atoms with Crippen LogP contribution in [0.2, 0.25) is 0 Å². The van der Waals surface area contributed by atoms with E-state index in [0.29, 0.717) is 22.7 Å². The summed E-state index contributed by atoms with van der Waals surface area (Å²) in [5, 5.41) is 3.38. The average molecular weight is 346 g/mol. The molecule has 2 N–H and O–H groups in total. The molecule has 0 saturated heterocycles. The number of hydrogen-bond acceptors (Lipinski definition) is 6. The quantitative estimate of drug-likeness (QED) is 0.741. The Morgan fingerprint density at radius 2 is 2.35 bits per heavy atom.